The molecule has 2 rings (SSSR count). The molecule has 1 amide bonds. The van der Waals surface area contributed by atoms with Crippen LogP contribution >= 0.6 is 15.9 Å². The zero-order valence-electron chi connectivity index (χ0n) is 11.8. The van der Waals surface area contributed by atoms with Gasteiger partial charge in [0, 0.05) is 23.5 Å². The molecule has 1 N–H and O–H groups in total. The van der Waals surface area contributed by atoms with Crippen LogP contribution in [0.4, 0.5) is 0 Å². The van der Waals surface area contributed by atoms with E-state index in [1.165, 1.54) is 19.6 Å². The normalized spacial score (nSPS) is 22.4. The Hall–Kier alpha value is -1.23. The topological polar surface area (TPSA) is 49.8 Å². The number of alkyl halides is 1. The monoisotopic (exact) mass is 341 g/mol. The Labute approximate surface area is 127 Å². The highest BCUT2D eigenvalue weighted by Crippen LogP contribution is 2.30. The number of nitrogens with zero attached hydrogens (tertiary/aromatic N) is 1. The summed E-state index contributed by atoms with van der Waals surface area (Å²) in [6.07, 6.45) is 4.46. The van der Waals surface area contributed by atoms with Crippen molar-refractivity contribution in [2.24, 2.45) is 0 Å². The van der Waals surface area contributed by atoms with Gasteiger partial charge in [-0.05, 0) is 31.0 Å². The van der Waals surface area contributed by atoms with E-state index in [0.29, 0.717) is 16.1 Å². The Balaban J connectivity index is 2.15. The molecule has 2 unspecified atom stereocenters. The van der Waals surface area contributed by atoms with E-state index in [-0.39, 0.29) is 17.7 Å². The van der Waals surface area contributed by atoms with Crippen molar-refractivity contribution in [3.8, 4) is 11.5 Å². The zero-order chi connectivity index (χ0) is 14.7. The predicted molar refractivity (Wildman–Crippen MR) is 81.7 cm³/mol. The average Bonchev–Trinajstić information content (AvgIpc) is 2.46. The number of benzene rings is 1. The van der Waals surface area contributed by atoms with E-state index in [2.05, 4.69) is 15.9 Å². The second kappa shape index (κ2) is 6.48. The summed E-state index contributed by atoms with van der Waals surface area (Å²) in [5, 5.41) is 9.78. The highest BCUT2D eigenvalue weighted by atomic mass is 79.9. The maximum Gasteiger partial charge on any atom is 0.254 e. The lowest BCUT2D eigenvalue weighted by molar-refractivity contribution is 0.0704. The second-order valence-corrected chi connectivity index (χ2v) is 6.35. The zero-order valence-corrected chi connectivity index (χ0v) is 13.4. The van der Waals surface area contributed by atoms with Gasteiger partial charge in [-0.25, -0.2) is 0 Å². The second-order valence-electron chi connectivity index (χ2n) is 5.17. The first-order valence-electron chi connectivity index (χ1n) is 6.83. The van der Waals surface area contributed by atoms with Crippen molar-refractivity contribution in [3.05, 3.63) is 23.8 Å². The number of phenols is 1. The number of hydrogen-bond acceptors (Lipinski definition) is 3. The molecule has 1 aliphatic carbocycles. The number of halogens is 1. The van der Waals surface area contributed by atoms with Gasteiger partial charge in [-0.2, -0.15) is 0 Å². The van der Waals surface area contributed by atoms with Crippen molar-refractivity contribution in [2.75, 3.05) is 14.2 Å². The number of amides is 1. The van der Waals surface area contributed by atoms with Crippen molar-refractivity contribution < 1.29 is 14.6 Å². The summed E-state index contributed by atoms with van der Waals surface area (Å²) < 4.78 is 4.99. The van der Waals surface area contributed by atoms with Crippen LogP contribution < -0.4 is 4.74 Å². The van der Waals surface area contributed by atoms with Gasteiger partial charge in [0.15, 0.2) is 11.5 Å². The molecule has 1 aromatic carbocycles. The minimum Gasteiger partial charge on any atom is -0.504 e. The first-order chi connectivity index (χ1) is 9.54. The molecule has 0 bridgehead atoms. The predicted octanol–water partition coefficient (Wildman–Crippen LogP) is 3.18. The molecule has 110 valence electrons. The lowest BCUT2D eigenvalue weighted by Gasteiger charge is -2.35. The molecule has 0 aromatic heterocycles. The van der Waals surface area contributed by atoms with E-state index in [4.69, 9.17) is 4.74 Å². The fraction of sp³-hybridized carbons (Fsp3) is 0.533. The van der Waals surface area contributed by atoms with Crippen LogP contribution in [0.5, 0.6) is 11.5 Å². The van der Waals surface area contributed by atoms with Gasteiger partial charge >= 0.3 is 0 Å². The first kappa shape index (κ1) is 15.2. The third-order valence-electron chi connectivity index (χ3n) is 3.89. The third kappa shape index (κ3) is 3.08. The summed E-state index contributed by atoms with van der Waals surface area (Å²) in [5.41, 5.74) is 0.482. The lowest BCUT2D eigenvalue weighted by Crippen LogP contribution is -2.44. The van der Waals surface area contributed by atoms with E-state index in [1.54, 1.807) is 17.0 Å². The minimum atomic E-state index is -0.0701. The Bertz CT molecular complexity index is 492. The van der Waals surface area contributed by atoms with Crippen LogP contribution in [0.15, 0.2) is 18.2 Å². The summed E-state index contributed by atoms with van der Waals surface area (Å²) in [7, 11) is 3.31. The van der Waals surface area contributed by atoms with Gasteiger partial charge in [0.05, 0.1) is 7.11 Å². The van der Waals surface area contributed by atoms with Crippen LogP contribution in [0.25, 0.3) is 0 Å². The van der Waals surface area contributed by atoms with Gasteiger partial charge < -0.3 is 14.7 Å². The van der Waals surface area contributed by atoms with Crippen LogP contribution in [-0.2, 0) is 0 Å². The number of methoxy groups -OCH3 is 1. The molecule has 1 aromatic rings. The Morgan fingerprint density at radius 2 is 2.10 bits per heavy atom. The quantitative estimate of drug-likeness (QED) is 0.859. The number of carbonyl (C=O) groups is 1. The highest BCUT2D eigenvalue weighted by molar-refractivity contribution is 9.09. The summed E-state index contributed by atoms with van der Waals surface area (Å²) in [4.78, 5) is 14.6. The van der Waals surface area contributed by atoms with Crippen LogP contribution in [0.1, 0.15) is 36.0 Å². The van der Waals surface area contributed by atoms with E-state index < -0.39 is 0 Å². The number of rotatable bonds is 3. The van der Waals surface area contributed by atoms with Crippen molar-refractivity contribution in [1.29, 1.82) is 0 Å². The summed E-state index contributed by atoms with van der Waals surface area (Å²) in [6, 6.07) is 4.97. The smallest absolute Gasteiger partial charge is 0.254 e. The molecular weight excluding hydrogens is 322 g/mol. The Kier molecular flexibility index (Phi) is 4.91. The molecule has 1 aliphatic rings. The van der Waals surface area contributed by atoms with Gasteiger partial charge in [-0.1, -0.05) is 28.8 Å². The van der Waals surface area contributed by atoms with Crippen LogP contribution in [-0.4, -0.2) is 40.9 Å². The number of phenolic OH excluding ortho intramolecular Hbond substituents is 1. The van der Waals surface area contributed by atoms with E-state index >= 15 is 0 Å². The third-order valence-corrected chi connectivity index (χ3v) is 4.96. The molecule has 1 fully saturated rings. The van der Waals surface area contributed by atoms with Crippen molar-refractivity contribution in [2.45, 2.75) is 36.6 Å². The standard InChI is InChI=1S/C15H20BrNO3/c1-17(12-6-4-3-5-11(12)16)15(19)10-7-8-14(20-2)13(18)9-10/h7-9,11-12,18H,3-6H2,1-2H3. The van der Waals surface area contributed by atoms with Crippen molar-refractivity contribution >= 4 is 21.8 Å². The van der Waals surface area contributed by atoms with Crippen molar-refractivity contribution in [1.82, 2.24) is 4.90 Å². The van der Waals surface area contributed by atoms with Gasteiger partial charge in [-0.15, -0.1) is 0 Å². The molecule has 5 heteroatoms. The Morgan fingerprint density at radius 1 is 1.40 bits per heavy atom. The maximum atomic E-state index is 12.5. The number of carbonyl (C=O) groups excluding carboxylic acids is 1. The van der Waals surface area contributed by atoms with Gasteiger partial charge in [0.1, 0.15) is 0 Å². The minimum absolute atomic E-state index is 0.00853. The van der Waals surface area contributed by atoms with Crippen molar-refractivity contribution in [3.63, 3.8) is 0 Å². The molecule has 0 heterocycles. The first-order valence-corrected chi connectivity index (χ1v) is 7.74. The molecule has 20 heavy (non-hydrogen) atoms. The van der Waals surface area contributed by atoms with Gasteiger partial charge in [-0.3, -0.25) is 4.79 Å². The number of aromatic hydroxyl groups is 1. The molecule has 4 nitrogen and oxygen atoms in total. The molecule has 0 radical (unpaired) electrons. The summed E-state index contributed by atoms with van der Waals surface area (Å²) in [5.74, 6) is 0.297. The molecule has 0 aliphatic heterocycles. The highest BCUT2D eigenvalue weighted by Gasteiger charge is 2.29. The largest absolute Gasteiger partial charge is 0.504 e. The molecular formula is C15H20BrNO3. The van der Waals surface area contributed by atoms with Gasteiger partial charge in [0.2, 0.25) is 0 Å². The molecule has 2 atom stereocenters. The van der Waals surface area contributed by atoms with E-state index in [9.17, 15) is 9.90 Å². The fourth-order valence-corrected chi connectivity index (χ4v) is 3.62. The SMILES string of the molecule is COc1ccc(C(=O)N(C)C2CCCCC2Br)cc1O. The van der Waals surface area contributed by atoms with Crippen LogP contribution in [0.3, 0.4) is 0 Å². The number of hydrogen-bond donors (Lipinski definition) is 1. The molecule has 0 saturated heterocycles. The lowest BCUT2D eigenvalue weighted by atomic mass is 9.94. The Morgan fingerprint density at radius 3 is 2.70 bits per heavy atom. The summed E-state index contributed by atoms with van der Waals surface area (Å²) >= 11 is 3.67. The van der Waals surface area contributed by atoms with Crippen LogP contribution in [0.2, 0.25) is 0 Å². The average molecular weight is 342 g/mol. The van der Waals surface area contributed by atoms with Crippen LogP contribution in [0, 0.1) is 0 Å². The summed E-state index contributed by atoms with van der Waals surface area (Å²) in [6.45, 7) is 0. The van der Waals surface area contributed by atoms with E-state index in [0.717, 1.165) is 19.3 Å². The fourth-order valence-electron chi connectivity index (χ4n) is 2.68. The molecule has 0 spiro atoms. The molecule has 1 saturated carbocycles. The van der Waals surface area contributed by atoms with E-state index in [1.807, 2.05) is 7.05 Å². The number of ether oxygens (including phenoxy) is 1. The van der Waals surface area contributed by atoms with Gasteiger partial charge in [0.25, 0.3) is 5.91 Å². The maximum absolute atomic E-state index is 12.5.